The Kier molecular flexibility index (Phi) is 7.80. The predicted octanol–water partition coefficient (Wildman–Crippen LogP) is 2.76. The van der Waals surface area contributed by atoms with Crippen molar-refractivity contribution in [1.82, 2.24) is 5.32 Å². The number of hydrogen-bond acceptors (Lipinski definition) is 6. The molecule has 0 heterocycles. The Morgan fingerprint density at radius 1 is 1.03 bits per heavy atom. The lowest BCUT2D eigenvalue weighted by molar-refractivity contribution is -0.117. The topological polar surface area (TPSA) is 97.7 Å². The summed E-state index contributed by atoms with van der Waals surface area (Å²) in [7, 11) is 4.43. The van der Waals surface area contributed by atoms with Crippen LogP contribution in [0.1, 0.15) is 21.5 Å². The van der Waals surface area contributed by atoms with Gasteiger partial charge < -0.3 is 19.5 Å². The first kappa shape index (κ1) is 21.5. The molecule has 0 radical (unpaired) electrons. The van der Waals surface area contributed by atoms with Crippen LogP contribution in [-0.2, 0) is 16.0 Å². The van der Waals surface area contributed by atoms with Crippen molar-refractivity contribution in [3.05, 3.63) is 64.7 Å². The molecule has 0 aliphatic heterocycles. The molecule has 0 aromatic heterocycles. The molecule has 0 fully saturated rings. The van der Waals surface area contributed by atoms with Crippen LogP contribution in [0, 0.1) is 11.3 Å². The molecule has 1 amide bonds. The third-order valence-corrected chi connectivity index (χ3v) is 4.16. The highest BCUT2D eigenvalue weighted by molar-refractivity contribution is 6.01. The van der Waals surface area contributed by atoms with Gasteiger partial charge in [-0.05, 0) is 47.9 Å². The zero-order chi connectivity index (χ0) is 21.2. The Hall–Kier alpha value is -3.79. The number of rotatable bonds is 8. The van der Waals surface area contributed by atoms with E-state index in [1.807, 2.05) is 18.2 Å². The lowest BCUT2D eigenvalue weighted by Crippen LogP contribution is -2.26. The van der Waals surface area contributed by atoms with Gasteiger partial charge in [-0.15, -0.1) is 0 Å². The molecular weight excluding hydrogens is 372 g/mol. The monoisotopic (exact) mass is 394 g/mol. The summed E-state index contributed by atoms with van der Waals surface area (Å²) in [5.74, 6) is 0.330. The number of carbonyl (C=O) groups is 2. The van der Waals surface area contributed by atoms with Crippen molar-refractivity contribution in [1.29, 1.82) is 5.26 Å². The van der Waals surface area contributed by atoms with Gasteiger partial charge in [0.05, 0.1) is 26.9 Å². The molecule has 0 saturated carbocycles. The fourth-order valence-corrected chi connectivity index (χ4v) is 2.60. The fourth-order valence-electron chi connectivity index (χ4n) is 2.60. The van der Waals surface area contributed by atoms with Gasteiger partial charge in [0.25, 0.3) is 5.91 Å². The van der Waals surface area contributed by atoms with E-state index >= 15 is 0 Å². The van der Waals surface area contributed by atoms with Crippen molar-refractivity contribution >= 4 is 18.0 Å². The van der Waals surface area contributed by atoms with Crippen molar-refractivity contribution in [2.75, 3.05) is 27.9 Å². The normalized spacial score (nSPS) is 10.6. The molecule has 0 saturated heterocycles. The molecule has 0 atom stereocenters. The highest BCUT2D eigenvalue weighted by Gasteiger charge is 2.10. The molecule has 29 heavy (non-hydrogen) atoms. The molecule has 0 aliphatic carbocycles. The van der Waals surface area contributed by atoms with Crippen LogP contribution in [0.15, 0.2) is 48.0 Å². The van der Waals surface area contributed by atoms with Crippen molar-refractivity contribution < 1.29 is 23.8 Å². The van der Waals surface area contributed by atoms with E-state index < -0.39 is 11.9 Å². The maximum atomic E-state index is 12.3. The summed E-state index contributed by atoms with van der Waals surface area (Å²) in [6.07, 6.45) is 2.03. The van der Waals surface area contributed by atoms with E-state index in [2.05, 4.69) is 10.1 Å². The van der Waals surface area contributed by atoms with Crippen molar-refractivity contribution in [3.8, 4) is 17.6 Å². The summed E-state index contributed by atoms with van der Waals surface area (Å²) in [5, 5.41) is 12.0. The van der Waals surface area contributed by atoms with Gasteiger partial charge in [0.2, 0.25) is 0 Å². The number of amides is 1. The van der Waals surface area contributed by atoms with Crippen LogP contribution in [0.5, 0.6) is 11.5 Å². The molecule has 0 unspecified atom stereocenters. The summed E-state index contributed by atoms with van der Waals surface area (Å²) in [5.41, 5.74) is 1.96. The molecule has 1 N–H and O–H groups in total. The SMILES string of the molecule is COC(=O)c1ccc(/C=C(\C#N)C(=O)NCCc2ccc(OC)c(OC)c2)cc1. The first-order chi connectivity index (χ1) is 14.0. The molecule has 7 nitrogen and oxygen atoms in total. The molecule has 7 heteroatoms. The van der Waals surface area contributed by atoms with Gasteiger partial charge in [-0.3, -0.25) is 4.79 Å². The standard InChI is InChI=1S/C22H22N2O5/c1-27-19-9-6-16(13-20(19)28-2)10-11-24-21(25)18(14-23)12-15-4-7-17(8-5-15)22(26)29-3/h4-9,12-13H,10-11H2,1-3H3,(H,24,25)/b18-12+. The number of nitrogens with zero attached hydrogens (tertiary/aromatic N) is 1. The highest BCUT2D eigenvalue weighted by atomic mass is 16.5. The Bertz CT molecular complexity index is 943. The lowest BCUT2D eigenvalue weighted by Gasteiger charge is -2.10. The van der Waals surface area contributed by atoms with Gasteiger partial charge in [0.15, 0.2) is 11.5 Å². The second kappa shape index (κ2) is 10.5. The summed E-state index contributed by atoms with van der Waals surface area (Å²) in [6, 6.07) is 13.9. The van der Waals surface area contributed by atoms with Crippen molar-refractivity contribution in [3.63, 3.8) is 0 Å². The first-order valence-electron chi connectivity index (χ1n) is 8.81. The molecule has 2 aromatic rings. The third kappa shape index (κ3) is 5.84. The zero-order valence-electron chi connectivity index (χ0n) is 16.5. The van der Waals surface area contributed by atoms with Crippen LogP contribution < -0.4 is 14.8 Å². The largest absolute Gasteiger partial charge is 0.493 e. The lowest BCUT2D eigenvalue weighted by atomic mass is 10.1. The number of benzene rings is 2. The third-order valence-electron chi connectivity index (χ3n) is 4.16. The Morgan fingerprint density at radius 3 is 2.31 bits per heavy atom. The zero-order valence-corrected chi connectivity index (χ0v) is 16.5. The average Bonchev–Trinajstić information content (AvgIpc) is 2.76. The summed E-state index contributed by atoms with van der Waals surface area (Å²) >= 11 is 0. The van der Waals surface area contributed by atoms with Crippen molar-refractivity contribution in [2.24, 2.45) is 0 Å². The molecule has 0 spiro atoms. The van der Waals surface area contributed by atoms with Crippen LogP contribution in [-0.4, -0.2) is 39.8 Å². The molecule has 0 bridgehead atoms. The van der Waals surface area contributed by atoms with E-state index in [0.29, 0.717) is 35.6 Å². The molecular formula is C22H22N2O5. The average molecular weight is 394 g/mol. The number of methoxy groups -OCH3 is 3. The highest BCUT2D eigenvalue weighted by Crippen LogP contribution is 2.27. The van der Waals surface area contributed by atoms with Crippen molar-refractivity contribution in [2.45, 2.75) is 6.42 Å². The molecule has 2 aromatic carbocycles. The Morgan fingerprint density at radius 2 is 1.72 bits per heavy atom. The number of nitrogens with one attached hydrogen (secondary N) is 1. The van der Waals surface area contributed by atoms with Crippen LogP contribution in [0.25, 0.3) is 6.08 Å². The van der Waals surface area contributed by atoms with Gasteiger partial charge in [-0.25, -0.2) is 4.79 Å². The number of esters is 1. The van der Waals surface area contributed by atoms with Crippen LogP contribution in [0.2, 0.25) is 0 Å². The second-order valence-electron chi connectivity index (χ2n) is 5.98. The Labute approximate surface area is 169 Å². The quantitative estimate of drug-likeness (QED) is 0.420. The molecule has 0 aliphatic rings. The number of hydrogen-bond donors (Lipinski definition) is 1. The first-order valence-corrected chi connectivity index (χ1v) is 8.81. The van der Waals surface area contributed by atoms with Gasteiger partial charge in [0, 0.05) is 6.54 Å². The van der Waals surface area contributed by atoms with Gasteiger partial charge in [-0.1, -0.05) is 18.2 Å². The van der Waals surface area contributed by atoms with E-state index in [1.54, 1.807) is 44.6 Å². The second-order valence-corrected chi connectivity index (χ2v) is 5.98. The van der Waals surface area contributed by atoms with Crippen LogP contribution in [0.3, 0.4) is 0 Å². The Balaban J connectivity index is 1.99. The molecule has 2 rings (SSSR count). The fraction of sp³-hybridized carbons (Fsp3) is 0.227. The van der Waals surface area contributed by atoms with E-state index in [4.69, 9.17) is 9.47 Å². The number of ether oxygens (including phenoxy) is 3. The minimum absolute atomic E-state index is 0.0249. The van der Waals surface area contributed by atoms with E-state index in [9.17, 15) is 14.9 Å². The maximum absolute atomic E-state index is 12.3. The number of nitriles is 1. The predicted molar refractivity (Wildman–Crippen MR) is 108 cm³/mol. The van der Waals surface area contributed by atoms with E-state index in [1.165, 1.54) is 13.2 Å². The van der Waals surface area contributed by atoms with E-state index in [-0.39, 0.29) is 5.57 Å². The van der Waals surface area contributed by atoms with Crippen LogP contribution >= 0.6 is 0 Å². The summed E-state index contributed by atoms with van der Waals surface area (Å²) in [6.45, 7) is 0.356. The van der Waals surface area contributed by atoms with E-state index in [0.717, 1.165) is 5.56 Å². The van der Waals surface area contributed by atoms with Gasteiger partial charge in [-0.2, -0.15) is 5.26 Å². The molecule has 150 valence electrons. The summed E-state index contributed by atoms with van der Waals surface area (Å²) in [4.78, 5) is 23.7. The minimum atomic E-state index is -0.468. The van der Waals surface area contributed by atoms with Crippen LogP contribution in [0.4, 0.5) is 0 Å². The van der Waals surface area contributed by atoms with Gasteiger partial charge >= 0.3 is 5.97 Å². The minimum Gasteiger partial charge on any atom is -0.493 e. The number of carbonyl (C=O) groups excluding carboxylic acids is 2. The summed E-state index contributed by atoms with van der Waals surface area (Å²) < 4.78 is 15.1. The van der Waals surface area contributed by atoms with Gasteiger partial charge in [0.1, 0.15) is 11.6 Å². The maximum Gasteiger partial charge on any atom is 0.337 e. The smallest absolute Gasteiger partial charge is 0.337 e.